The molecule has 4 nitrogen and oxygen atoms in total. The second-order valence-electron chi connectivity index (χ2n) is 5.41. The first-order valence-electron chi connectivity index (χ1n) is 7.41. The maximum absolute atomic E-state index is 13.5. The molecule has 0 fully saturated rings. The highest BCUT2D eigenvalue weighted by atomic mass is 19.4. The summed E-state index contributed by atoms with van der Waals surface area (Å²) in [6.45, 7) is 0. The van der Waals surface area contributed by atoms with Gasteiger partial charge in [-0.15, -0.1) is 10.2 Å². The molecule has 1 aliphatic heterocycles. The number of nitrogens with zero attached hydrogens (tertiary/aromatic N) is 2. The number of ether oxygens (including phenoxy) is 2. The molecule has 1 heterocycles. The smallest absolute Gasteiger partial charge is 0.442 e. The minimum atomic E-state index is -4.65. The predicted molar refractivity (Wildman–Crippen MR) is 87.5 cm³/mol. The normalized spacial score (nSPS) is 15.4. The predicted octanol–water partition coefficient (Wildman–Crippen LogP) is 5.06. The van der Waals surface area contributed by atoms with Crippen LogP contribution in [0.4, 0.5) is 13.2 Å². The van der Waals surface area contributed by atoms with Crippen molar-refractivity contribution in [3.8, 4) is 11.5 Å². The Morgan fingerprint density at radius 1 is 0.960 bits per heavy atom. The fourth-order valence-electron chi connectivity index (χ4n) is 2.55. The van der Waals surface area contributed by atoms with Crippen molar-refractivity contribution in [2.75, 3.05) is 14.2 Å². The molecule has 0 aliphatic carbocycles. The fourth-order valence-corrected chi connectivity index (χ4v) is 2.55. The van der Waals surface area contributed by atoms with Crippen LogP contribution in [0.2, 0.25) is 0 Å². The van der Waals surface area contributed by atoms with Gasteiger partial charge in [-0.1, -0.05) is 42.5 Å². The molecule has 0 bridgehead atoms. The zero-order chi connectivity index (χ0) is 18.1. The van der Waals surface area contributed by atoms with E-state index in [1.165, 1.54) is 26.4 Å². The largest absolute Gasteiger partial charge is 0.497 e. The maximum atomic E-state index is 13.5. The highest BCUT2D eigenvalue weighted by molar-refractivity contribution is 5.74. The van der Waals surface area contributed by atoms with Crippen LogP contribution in [-0.4, -0.2) is 20.4 Å². The summed E-state index contributed by atoms with van der Waals surface area (Å²) in [5, 5.41) is 6.60. The van der Waals surface area contributed by atoms with Crippen molar-refractivity contribution < 1.29 is 22.6 Å². The Labute approximate surface area is 142 Å². The minimum Gasteiger partial charge on any atom is -0.497 e. The Hall–Kier alpha value is -2.83. The number of benzene rings is 2. The van der Waals surface area contributed by atoms with Gasteiger partial charge in [0.05, 0.1) is 19.8 Å². The Bertz CT molecular complexity index is 824. The molecular formula is C18H15F3N2O2. The third-order valence-electron chi connectivity index (χ3n) is 3.86. The summed E-state index contributed by atoms with van der Waals surface area (Å²) in [4.78, 5) is 0. The molecule has 0 saturated heterocycles. The molecule has 0 unspecified atom stereocenters. The van der Waals surface area contributed by atoms with Crippen LogP contribution in [0.15, 0.2) is 52.7 Å². The van der Waals surface area contributed by atoms with Crippen molar-refractivity contribution in [1.82, 2.24) is 0 Å². The van der Waals surface area contributed by atoms with E-state index in [1.54, 1.807) is 12.2 Å². The number of alkyl halides is 3. The molecule has 0 atom stereocenters. The average molecular weight is 348 g/mol. The van der Waals surface area contributed by atoms with Crippen LogP contribution in [0.5, 0.6) is 11.5 Å². The molecule has 3 rings (SSSR count). The number of methoxy groups -OCH3 is 2. The molecule has 0 N–H and O–H groups in total. The van der Waals surface area contributed by atoms with Crippen molar-refractivity contribution in [3.63, 3.8) is 0 Å². The Balaban J connectivity index is 2.14. The second-order valence-corrected chi connectivity index (χ2v) is 5.41. The van der Waals surface area contributed by atoms with Crippen molar-refractivity contribution in [1.29, 1.82) is 0 Å². The summed E-state index contributed by atoms with van der Waals surface area (Å²) < 4.78 is 50.9. The monoisotopic (exact) mass is 348 g/mol. The van der Waals surface area contributed by atoms with Gasteiger partial charge >= 0.3 is 11.8 Å². The van der Waals surface area contributed by atoms with E-state index < -0.39 is 11.8 Å². The van der Waals surface area contributed by atoms with E-state index in [4.69, 9.17) is 9.47 Å². The first-order valence-corrected chi connectivity index (χ1v) is 7.41. The molecule has 2 aromatic carbocycles. The van der Waals surface area contributed by atoms with E-state index in [9.17, 15) is 13.2 Å². The van der Waals surface area contributed by atoms with Gasteiger partial charge in [0.15, 0.2) is 0 Å². The van der Waals surface area contributed by atoms with Gasteiger partial charge in [0.2, 0.25) is 0 Å². The van der Waals surface area contributed by atoms with Crippen LogP contribution in [0.1, 0.15) is 16.7 Å². The summed E-state index contributed by atoms with van der Waals surface area (Å²) in [5.41, 5.74) is -1.60. The first kappa shape index (κ1) is 17.0. The van der Waals surface area contributed by atoms with Crippen molar-refractivity contribution in [2.45, 2.75) is 11.8 Å². The molecule has 1 aliphatic rings. The van der Waals surface area contributed by atoms with Gasteiger partial charge in [0.1, 0.15) is 11.5 Å². The van der Waals surface area contributed by atoms with Gasteiger partial charge in [0, 0.05) is 6.07 Å². The SMILES string of the molecule is COc1cc(C=Cc2ccccc2)c(C2(C(F)(F)F)N=N2)c(OC)c1. The molecule has 7 heteroatoms. The summed E-state index contributed by atoms with van der Waals surface area (Å²) in [7, 11) is 2.74. The van der Waals surface area contributed by atoms with Gasteiger partial charge in [0.25, 0.3) is 0 Å². The van der Waals surface area contributed by atoms with Crippen LogP contribution in [-0.2, 0) is 5.66 Å². The summed E-state index contributed by atoms with van der Waals surface area (Å²) >= 11 is 0. The molecule has 130 valence electrons. The molecule has 0 spiro atoms. The van der Waals surface area contributed by atoms with Crippen molar-refractivity contribution in [3.05, 3.63) is 59.2 Å². The van der Waals surface area contributed by atoms with E-state index in [1.807, 2.05) is 30.3 Å². The van der Waals surface area contributed by atoms with Gasteiger partial charge < -0.3 is 9.47 Å². The summed E-state index contributed by atoms with van der Waals surface area (Å²) in [6.07, 6.45) is -1.36. The number of rotatable bonds is 5. The molecule has 0 amide bonds. The number of hydrogen-bond acceptors (Lipinski definition) is 4. The third-order valence-corrected chi connectivity index (χ3v) is 3.86. The molecule has 25 heavy (non-hydrogen) atoms. The average Bonchev–Trinajstić information content (AvgIpc) is 3.41. The lowest BCUT2D eigenvalue weighted by Crippen LogP contribution is -2.31. The van der Waals surface area contributed by atoms with Crippen LogP contribution >= 0.6 is 0 Å². The highest BCUT2D eigenvalue weighted by Gasteiger charge is 2.67. The first-order chi connectivity index (χ1) is 11.9. The lowest BCUT2D eigenvalue weighted by atomic mass is 9.94. The van der Waals surface area contributed by atoms with Gasteiger partial charge in [-0.05, 0) is 17.2 Å². The van der Waals surface area contributed by atoms with E-state index >= 15 is 0 Å². The Morgan fingerprint density at radius 2 is 1.64 bits per heavy atom. The second kappa shape index (κ2) is 6.23. The lowest BCUT2D eigenvalue weighted by Gasteiger charge is -2.20. The van der Waals surface area contributed by atoms with Gasteiger partial charge in [-0.2, -0.15) is 13.2 Å². The van der Waals surface area contributed by atoms with E-state index in [0.717, 1.165) is 5.56 Å². The molecule has 0 radical (unpaired) electrons. The summed E-state index contributed by atoms with van der Waals surface area (Å²) in [6, 6.07) is 12.1. The van der Waals surface area contributed by atoms with E-state index in [0.29, 0.717) is 5.75 Å². The topological polar surface area (TPSA) is 43.2 Å². The van der Waals surface area contributed by atoms with Crippen LogP contribution in [0.3, 0.4) is 0 Å². The minimum absolute atomic E-state index is 0.0226. The fraction of sp³-hybridized carbons (Fsp3) is 0.222. The van der Waals surface area contributed by atoms with E-state index in [-0.39, 0.29) is 16.9 Å². The molecule has 2 aromatic rings. The molecule has 0 saturated carbocycles. The van der Waals surface area contributed by atoms with Crippen LogP contribution in [0.25, 0.3) is 12.2 Å². The van der Waals surface area contributed by atoms with Crippen molar-refractivity contribution in [2.24, 2.45) is 10.2 Å². The zero-order valence-electron chi connectivity index (χ0n) is 13.5. The lowest BCUT2D eigenvalue weighted by molar-refractivity contribution is -0.166. The van der Waals surface area contributed by atoms with Gasteiger partial charge in [-0.25, -0.2) is 0 Å². The maximum Gasteiger partial charge on any atom is 0.442 e. The Morgan fingerprint density at radius 3 is 2.16 bits per heavy atom. The quantitative estimate of drug-likeness (QED) is 0.709. The highest BCUT2D eigenvalue weighted by Crippen LogP contribution is 2.56. The standard InChI is InChI=1S/C18H15F3N2O2/c1-24-14-10-13(9-8-12-6-4-3-5-7-12)16(15(11-14)25-2)17(22-23-17)18(19,20)21/h3-11H,1-2H3. The Kier molecular flexibility index (Phi) is 4.24. The third kappa shape index (κ3) is 3.09. The summed E-state index contributed by atoms with van der Waals surface area (Å²) in [5.74, 6) is 0.403. The van der Waals surface area contributed by atoms with Crippen molar-refractivity contribution >= 4 is 12.2 Å². The van der Waals surface area contributed by atoms with Crippen LogP contribution in [0, 0.1) is 0 Å². The zero-order valence-corrected chi connectivity index (χ0v) is 13.5. The molecular weight excluding hydrogens is 333 g/mol. The van der Waals surface area contributed by atoms with E-state index in [2.05, 4.69) is 10.2 Å². The van der Waals surface area contributed by atoms with Crippen LogP contribution < -0.4 is 9.47 Å². The number of halogens is 3. The van der Waals surface area contributed by atoms with Gasteiger partial charge in [-0.3, -0.25) is 0 Å². The molecule has 0 aromatic heterocycles. The number of hydrogen-bond donors (Lipinski definition) is 0.